The Morgan fingerprint density at radius 2 is 2.00 bits per heavy atom. The molecule has 1 aromatic rings. The molecule has 3 N–H and O–H groups in total. The summed E-state index contributed by atoms with van der Waals surface area (Å²) in [5.41, 5.74) is 7.55. The van der Waals surface area contributed by atoms with E-state index in [1.807, 2.05) is 24.3 Å². The highest BCUT2D eigenvalue weighted by molar-refractivity contribution is 7.85. The van der Waals surface area contributed by atoms with Crippen LogP contribution in [-0.4, -0.2) is 26.7 Å². The predicted molar refractivity (Wildman–Crippen MR) is 76.9 cm³/mol. The summed E-state index contributed by atoms with van der Waals surface area (Å²) in [6.45, 7) is 0. The highest BCUT2D eigenvalue weighted by Gasteiger charge is 2.18. The molecular formula is C12H16N2OS2. The molecule has 0 radical (unpaired) electrons. The average molecular weight is 268 g/mol. The minimum Gasteiger partial charge on any atom is -0.389 e. The van der Waals surface area contributed by atoms with Gasteiger partial charge in [0, 0.05) is 39.6 Å². The zero-order chi connectivity index (χ0) is 12.3. The van der Waals surface area contributed by atoms with Gasteiger partial charge in [0.15, 0.2) is 0 Å². The second-order valence-electron chi connectivity index (χ2n) is 4.18. The number of benzene rings is 1. The van der Waals surface area contributed by atoms with Crippen molar-refractivity contribution < 1.29 is 4.21 Å². The molecule has 92 valence electrons. The Labute approximate surface area is 109 Å². The van der Waals surface area contributed by atoms with Gasteiger partial charge in [0.2, 0.25) is 0 Å². The van der Waals surface area contributed by atoms with E-state index in [4.69, 9.17) is 18.0 Å². The highest BCUT2D eigenvalue weighted by Crippen LogP contribution is 2.20. The van der Waals surface area contributed by atoms with Crippen molar-refractivity contribution in [3.8, 4) is 0 Å². The van der Waals surface area contributed by atoms with Crippen molar-refractivity contribution in [3.63, 3.8) is 0 Å². The number of rotatable bonds is 3. The molecule has 0 bridgehead atoms. The fourth-order valence-electron chi connectivity index (χ4n) is 1.98. The number of para-hydroxylation sites is 1. The van der Waals surface area contributed by atoms with E-state index < -0.39 is 10.8 Å². The molecule has 1 saturated heterocycles. The second kappa shape index (κ2) is 5.60. The zero-order valence-corrected chi connectivity index (χ0v) is 11.2. The fourth-order valence-corrected chi connectivity index (χ4v) is 3.46. The molecule has 2 rings (SSSR count). The summed E-state index contributed by atoms with van der Waals surface area (Å²) >= 11 is 5.03. The van der Waals surface area contributed by atoms with Crippen LogP contribution in [0.25, 0.3) is 0 Å². The first kappa shape index (κ1) is 12.5. The molecule has 1 heterocycles. The molecule has 0 spiro atoms. The summed E-state index contributed by atoms with van der Waals surface area (Å²) in [5.74, 6) is 1.57. The third-order valence-electron chi connectivity index (χ3n) is 2.94. The molecule has 0 aliphatic carbocycles. The van der Waals surface area contributed by atoms with Gasteiger partial charge in [-0.2, -0.15) is 0 Å². The summed E-state index contributed by atoms with van der Waals surface area (Å²) in [4.78, 5) is 0.410. The Balaban J connectivity index is 2.08. The van der Waals surface area contributed by atoms with Crippen LogP contribution in [0.5, 0.6) is 0 Å². The van der Waals surface area contributed by atoms with E-state index in [1.165, 1.54) is 0 Å². The number of thiocarbonyl (C=S) groups is 1. The zero-order valence-electron chi connectivity index (χ0n) is 9.52. The lowest BCUT2D eigenvalue weighted by Gasteiger charge is -2.24. The average Bonchev–Trinajstić information content (AvgIpc) is 2.32. The van der Waals surface area contributed by atoms with Crippen LogP contribution in [0.3, 0.4) is 0 Å². The van der Waals surface area contributed by atoms with Gasteiger partial charge in [-0.05, 0) is 25.0 Å². The second-order valence-corrected chi connectivity index (χ2v) is 6.31. The van der Waals surface area contributed by atoms with E-state index in [1.54, 1.807) is 0 Å². The molecule has 1 aromatic carbocycles. The monoisotopic (exact) mass is 268 g/mol. The molecule has 1 aliphatic heterocycles. The van der Waals surface area contributed by atoms with Crippen molar-refractivity contribution in [2.45, 2.75) is 18.9 Å². The molecule has 0 aromatic heterocycles. The van der Waals surface area contributed by atoms with Crippen LogP contribution in [0.15, 0.2) is 24.3 Å². The van der Waals surface area contributed by atoms with E-state index in [0.717, 1.165) is 35.6 Å². The lowest BCUT2D eigenvalue weighted by Crippen LogP contribution is -2.30. The van der Waals surface area contributed by atoms with Gasteiger partial charge in [0.05, 0.1) is 0 Å². The Morgan fingerprint density at radius 3 is 2.65 bits per heavy atom. The maximum Gasteiger partial charge on any atom is 0.106 e. The van der Waals surface area contributed by atoms with Crippen LogP contribution in [-0.2, 0) is 10.8 Å². The summed E-state index contributed by atoms with van der Waals surface area (Å²) in [6, 6.07) is 8.18. The van der Waals surface area contributed by atoms with Crippen LogP contribution in [0.1, 0.15) is 18.4 Å². The minimum absolute atomic E-state index is 0.378. The lowest BCUT2D eigenvalue weighted by molar-refractivity contribution is 0.624. The molecule has 0 unspecified atom stereocenters. The van der Waals surface area contributed by atoms with E-state index in [0.29, 0.717) is 11.0 Å². The molecule has 0 atom stereocenters. The lowest BCUT2D eigenvalue weighted by atomic mass is 10.1. The van der Waals surface area contributed by atoms with Crippen LogP contribution < -0.4 is 11.1 Å². The van der Waals surface area contributed by atoms with E-state index in [9.17, 15) is 4.21 Å². The Hall–Kier alpha value is -0.940. The van der Waals surface area contributed by atoms with Gasteiger partial charge in [-0.1, -0.05) is 24.4 Å². The van der Waals surface area contributed by atoms with Crippen LogP contribution >= 0.6 is 12.2 Å². The quantitative estimate of drug-likeness (QED) is 0.818. The summed E-state index contributed by atoms with van der Waals surface area (Å²) in [5, 5.41) is 3.45. The fraction of sp³-hybridized carbons (Fsp3) is 0.417. The minimum atomic E-state index is -0.624. The van der Waals surface area contributed by atoms with E-state index in [-0.39, 0.29) is 0 Å². The van der Waals surface area contributed by atoms with Crippen molar-refractivity contribution in [2.24, 2.45) is 5.73 Å². The Morgan fingerprint density at radius 1 is 1.35 bits per heavy atom. The van der Waals surface area contributed by atoms with Gasteiger partial charge in [-0.15, -0.1) is 0 Å². The third kappa shape index (κ3) is 3.26. The highest BCUT2D eigenvalue weighted by atomic mass is 32.2. The van der Waals surface area contributed by atoms with Crippen molar-refractivity contribution in [1.82, 2.24) is 0 Å². The van der Waals surface area contributed by atoms with Gasteiger partial charge in [-0.25, -0.2) is 0 Å². The number of nitrogens with one attached hydrogen (secondary N) is 1. The molecule has 5 heteroatoms. The van der Waals surface area contributed by atoms with Gasteiger partial charge in [-0.3, -0.25) is 4.21 Å². The molecule has 1 fully saturated rings. The van der Waals surface area contributed by atoms with Crippen molar-refractivity contribution >= 4 is 33.7 Å². The summed E-state index contributed by atoms with van der Waals surface area (Å²) < 4.78 is 11.3. The topological polar surface area (TPSA) is 55.1 Å². The Kier molecular flexibility index (Phi) is 4.12. The standard InChI is InChI=1S/C12H16N2OS2/c13-12(16)10-3-1-2-4-11(10)14-9-5-7-17(15)8-6-9/h1-4,9,14H,5-8H2,(H2,13,16). The molecule has 1 aliphatic rings. The van der Waals surface area contributed by atoms with E-state index >= 15 is 0 Å². The van der Waals surface area contributed by atoms with Gasteiger partial charge in [0.25, 0.3) is 0 Å². The largest absolute Gasteiger partial charge is 0.389 e. The van der Waals surface area contributed by atoms with Crippen molar-refractivity contribution in [2.75, 3.05) is 16.8 Å². The molecule has 17 heavy (non-hydrogen) atoms. The predicted octanol–water partition coefficient (Wildman–Crippen LogP) is 1.64. The van der Waals surface area contributed by atoms with Crippen molar-refractivity contribution in [1.29, 1.82) is 0 Å². The number of hydrogen-bond donors (Lipinski definition) is 2. The first-order valence-electron chi connectivity index (χ1n) is 5.67. The maximum absolute atomic E-state index is 11.3. The molecule has 3 nitrogen and oxygen atoms in total. The molecule has 0 amide bonds. The van der Waals surface area contributed by atoms with Crippen LogP contribution in [0, 0.1) is 0 Å². The number of anilines is 1. The number of hydrogen-bond acceptors (Lipinski definition) is 3. The summed E-state index contributed by atoms with van der Waals surface area (Å²) in [7, 11) is -0.624. The maximum atomic E-state index is 11.3. The van der Waals surface area contributed by atoms with Crippen LogP contribution in [0.2, 0.25) is 0 Å². The third-order valence-corrected chi connectivity index (χ3v) is 4.54. The smallest absolute Gasteiger partial charge is 0.106 e. The first-order valence-corrected chi connectivity index (χ1v) is 7.57. The van der Waals surface area contributed by atoms with E-state index in [2.05, 4.69) is 5.32 Å². The molecule has 0 saturated carbocycles. The SMILES string of the molecule is NC(=S)c1ccccc1NC1CCS(=O)CC1. The summed E-state index contributed by atoms with van der Waals surface area (Å²) in [6.07, 6.45) is 1.89. The van der Waals surface area contributed by atoms with Gasteiger partial charge >= 0.3 is 0 Å². The van der Waals surface area contributed by atoms with Crippen molar-refractivity contribution in [3.05, 3.63) is 29.8 Å². The molecular weight excluding hydrogens is 252 g/mol. The number of nitrogens with two attached hydrogens (primary N) is 1. The first-order chi connectivity index (χ1) is 8.16. The Bertz CT molecular complexity index is 438. The van der Waals surface area contributed by atoms with Gasteiger partial charge < -0.3 is 11.1 Å². The normalized spacial score (nSPS) is 24.2. The van der Waals surface area contributed by atoms with Gasteiger partial charge in [0.1, 0.15) is 4.99 Å². The van der Waals surface area contributed by atoms with Crippen LogP contribution in [0.4, 0.5) is 5.69 Å².